The van der Waals surface area contributed by atoms with Gasteiger partial charge in [-0.3, -0.25) is 4.79 Å². The van der Waals surface area contributed by atoms with E-state index >= 15 is 0 Å². The van der Waals surface area contributed by atoms with Crippen LogP contribution in [0.25, 0.3) is 0 Å². The highest BCUT2D eigenvalue weighted by atomic mass is 32.1. The number of nitrogens with one attached hydrogen (secondary N) is 2. The minimum absolute atomic E-state index is 0.171. The van der Waals surface area contributed by atoms with E-state index in [-0.39, 0.29) is 17.1 Å². The summed E-state index contributed by atoms with van der Waals surface area (Å²) in [5, 5.41) is 16.7. The molecule has 0 atom stereocenters. The van der Waals surface area contributed by atoms with Crippen LogP contribution in [0.1, 0.15) is 48.0 Å². The van der Waals surface area contributed by atoms with E-state index in [1.165, 1.54) is 11.3 Å². The Balaban J connectivity index is 2.03. The number of carbonyl (C=O) groups is 1. The van der Waals surface area contributed by atoms with Gasteiger partial charge in [0.05, 0.1) is 11.9 Å². The Kier molecular flexibility index (Phi) is 5.49. The molecule has 3 N–H and O–H groups in total. The van der Waals surface area contributed by atoms with Crippen molar-refractivity contribution in [2.24, 2.45) is 5.41 Å². The average molecular weight is 347 g/mol. The van der Waals surface area contributed by atoms with E-state index in [1.807, 2.05) is 6.92 Å². The summed E-state index contributed by atoms with van der Waals surface area (Å²) in [5.74, 6) is -0.0436. The van der Waals surface area contributed by atoms with Crippen LogP contribution < -0.4 is 10.6 Å². The maximum Gasteiger partial charge on any atom is 0.267 e. The lowest BCUT2D eigenvalue weighted by atomic mass is 9.92. The number of hydrogen-bond donors (Lipinski definition) is 3. The van der Waals surface area contributed by atoms with Crippen molar-refractivity contribution in [1.29, 1.82) is 0 Å². The Bertz CT molecular complexity index is 732. The molecule has 0 aliphatic carbocycles. The molecule has 0 fully saturated rings. The molecular formula is C18H25N3O2S. The van der Waals surface area contributed by atoms with Crippen LogP contribution in [0.2, 0.25) is 0 Å². The zero-order chi connectivity index (χ0) is 17.9. The minimum atomic E-state index is -0.215. The summed E-state index contributed by atoms with van der Waals surface area (Å²) in [7, 11) is 0. The standard InChI is InChI=1S/C18H25N3O2S/c1-11-6-7-13(22)12(2)15(11)21-16(23)14-10-20-17(24-14)19-9-8-18(3,4)5/h6-7,10,22H,8-9H2,1-5H3,(H,19,20)(H,21,23). The Morgan fingerprint density at radius 1 is 1.29 bits per heavy atom. The highest BCUT2D eigenvalue weighted by molar-refractivity contribution is 7.17. The van der Waals surface area contributed by atoms with E-state index in [9.17, 15) is 9.90 Å². The first-order chi connectivity index (χ1) is 11.2. The summed E-state index contributed by atoms with van der Waals surface area (Å²) in [6.07, 6.45) is 2.60. The van der Waals surface area contributed by atoms with Crippen LogP contribution in [0.4, 0.5) is 10.8 Å². The fraction of sp³-hybridized carbons (Fsp3) is 0.444. The van der Waals surface area contributed by atoms with E-state index in [0.717, 1.165) is 23.7 Å². The van der Waals surface area contributed by atoms with Gasteiger partial charge in [-0.25, -0.2) is 4.98 Å². The monoisotopic (exact) mass is 347 g/mol. The number of aryl methyl sites for hydroxylation is 1. The van der Waals surface area contributed by atoms with Crippen molar-refractivity contribution in [3.63, 3.8) is 0 Å². The van der Waals surface area contributed by atoms with Gasteiger partial charge in [0.1, 0.15) is 10.6 Å². The van der Waals surface area contributed by atoms with Crippen LogP contribution in [-0.2, 0) is 0 Å². The second kappa shape index (κ2) is 7.21. The quantitative estimate of drug-likeness (QED) is 0.741. The molecule has 1 amide bonds. The summed E-state index contributed by atoms with van der Waals surface area (Å²) >= 11 is 1.33. The third-order valence-electron chi connectivity index (χ3n) is 3.76. The molecule has 0 aliphatic heterocycles. The molecule has 2 rings (SSSR count). The number of phenols is 1. The van der Waals surface area contributed by atoms with Crippen LogP contribution in [0.15, 0.2) is 18.3 Å². The summed E-state index contributed by atoms with van der Waals surface area (Å²) in [5.41, 5.74) is 2.48. The Labute approximate surface area is 147 Å². The summed E-state index contributed by atoms with van der Waals surface area (Å²) in [6, 6.07) is 3.41. The lowest BCUT2D eigenvalue weighted by molar-refractivity contribution is 0.103. The largest absolute Gasteiger partial charge is 0.508 e. The SMILES string of the molecule is Cc1ccc(O)c(C)c1NC(=O)c1cnc(NCCC(C)(C)C)s1. The van der Waals surface area contributed by atoms with Crippen LogP contribution >= 0.6 is 11.3 Å². The topological polar surface area (TPSA) is 74.2 Å². The predicted molar refractivity (Wildman–Crippen MR) is 100 cm³/mol. The Hall–Kier alpha value is -2.08. The maximum absolute atomic E-state index is 12.4. The molecule has 1 heterocycles. The third-order valence-corrected chi connectivity index (χ3v) is 4.72. The number of thiazole rings is 1. The normalized spacial score (nSPS) is 11.4. The molecule has 1 aromatic heterocycles. The van der Waals surface area contributed by atoms with Gasteiger partial charge in [-0.05, 0) is 37.3 Å². The average Bonchev–Trinajstić information content (AvgIpc) is 2.95. The van der Waals surface area contributed by atoms with Gasteiger partial charge in [0.25, 0.3) is 5.91 Å². The Morgan fingerprint density at radius 3 is 2.67 bits per heavy atom. The third kappa shape index (κ3) is 4.71. The van der Waals surface area contributed by atoms with E-state index in [4.69, 9.17) is 0 Å². The smallest absolute Gasteiger partial charge is 0.267 e. The molecule has 0 aliphatic rings. The van der Waals surface area contributed by atoms with Gasteiger partial charge in [-0.1, -0.05) is 38.2 Å². The molecule has 130 valence electrons. The zero-order valence-corrected chi connectivity index (χ0v) is 15.7. The van der Waals surface area contributed by atoms with E-state index in [0.29, 0.717) is 16.1 Å². The number of amides is 1. The molecule has 0 saturated heterocycles. The van der Waals surface area contributed by atoms with Crippen molar-refractivity contribution in [1.82, 2.24) is 4.98 Å². The van der Waals surface area contributed by atoms with Crippen LogP contribution in [0.3, 0.4) is 0 Å². The van der Waals surface area contributed by atoms with Gasteiger partial charge in [-0.2, -0.15) is 0 Å². The molecule has 5 nitrogen and oxygen atoms in total. The highest BCUT2D eigenvalue weighted by Crippen LogP contribution is 2.29. The van der Waals surface area contributed by atoms with E-state index in [1.54, 1.807) is 25.3 Å². The van der Waals surface area contributed by atoms with Crippen molar-refractivity contribution in [2.45, 2.75) is 41.0 Å². The molecule has 0 unspecified atom stereocenters. The van der Waals surface area contributed by atoms with Crippen molar-refractivity contribution >= 4 is 28.1 Å². The van der Waals surface area contributed by atoms with E-state index in [2.05, 4.69) is 36.4 Å². The van der Waals surface area contributed by atoms with E-state index < -0.39 is 0 Å². The van der Waals surface area contributed by atoms with Crippen LogP contribution in [0, 0.1) is 19.3 Å². The molecule has 2 aromatic rings. The molecule has 6 heteroatoms. The molecule has 0 spiro atoms. The molecule has 0 radical (unpaired) electrons. The molecule has 0 saturated carbocycles. The van der Waals surface area contributed by atoms with Crippen molar-refractivity contribution in [3.05, 3.63) is 34.3 Å². The number of rotatable bonds is 5. The first kappa shape index (κ1) is 18.3. The molecular weight excluding hydrogens is 322 g/mol. The van der Waals surface area contributed by atoms with Gasteiger partial charge in [0, 0.05) is 12.1 Å². The lowest BCUT2D eigenvalue weighted by Crippen LogP contribution is -2.13. The number of nitrogens with zero attached hydrogens (tertiary/aromatic N) is 1. The highest BCUT2D eigenvalue weighted by Gasteiger charge is 2.15. The number of benzene rings is 1. The van der Waals surface area contributed by atoms with Gasteiger partial charge >= 0.3 is 0 Å². The lowest BCUT2D eigenvalue weighted by Gasteiger charge is -2.17. The Morgan fingerprint density at radius 2 is 2.00 bits per heavy atom. The van der Waals surface area contributed by atoms with Gasteiger partial charge in [-0.15, -0.1) is 0 Å². The number of aromatic nitrogens is 1. The number of phenolic OH excluding ortho intramolecular Hbond substituents is 1. The predicted octanol–water partition coefficient (Wildman–Crippen LogP) is 4.57. The van der Waals surface area contributed by atoms with Crippen LogP contribution in [0.5, 0.6) is 5.75 Å². The number of aromatic hydroxyl groups is 1. The molecule has 1 aromatic carbocycles. The molecule has 0 bridgehead atoms. The van der Waals surface area contributed by atoms with Gasteiger partial charge in [0.15, 0.2) is 5.13 Å². The second-order valence-electron chi connectivity index (χ2n) is 7.12. The fourth-order valence-corrected chi connectivity index (χ4v) is 2.95. The molecule has 24 heavy (non-hydrogen) atoms. The first-order valence-corrected chi connectivity index (χ1v) is 8.79. The minimum Gasteiger partial charge on any atom is -0.508 e. The zero-order valence-electron chi connectivity index (χ0n) is 14.9. The second-order valence-corrected chi connectivity index (χ2v) is 8.15. The number of hydrogen-bond acceptors (Lipinski definition) is 5. The van der Waals surface area contributed by atoms with Crippen LogP contribution in [-0.4, -0.2) is 22.5 Å². The summed E-state index contributed by atoms with van der Waals surface area (Å²) in [4.78, 5) is 17.2. The fourth-order valence-electron chi connectivity index (χ4n) is 2.21. The van der Waals surface area contributed by atoms with Crippen molar-refractivity contribution in [2.75, 3.05) is 17.2 Å². The van der Waals surface area contributed by atoms with Crippen molar-refractivity contribution < 1.29 is 9.90 Å². The summed E-state index contributed by atoms with van der Waals surface area (Å²) in [6.45, 7) is 11.1. The van der Waals surface area contributed by atoms with Gasteiger partial charge < -0.3 is 15.7 Å². The number of carbonyl (C=O) groups excluding carboxylic acids is 1. The first-order valence-electron chi connectivity index (χ1n) is 7.97. The van der Waals surface area contributed by atoms with Gasteiger partial charge in [0.2, 0.25) is 0 Å². The maximum atomic E-state index is 12.4. The number of anilines is 2. The summed E-state index contributed by atoms with van der Waals surface area (Å²) < 4.78 is 0. The van der Waals surface area contributed by atoms with Crippen molar-refractivity contribution in [3.8, 4) is 5.75 Å².